The van der Waals surface area contributed by atoms with Gasteiger partial charge in [0.15, 0.2) is 0 Å². The molecule has 0 atom stereocenters. The van der Waals surface area contributed by atoms with Crippen LogP contribution in [0.4, 0.5) is 0 Å². The van der Waals surface area contributed by atoms with Gasteiger partial charge in [0, 0.05) is 12.1 Å². The Morgan fingerprint density at radius 2 is 2.00 bits per heavy atom. The second-order valence-corrected chi connectivity index (χ2v) is 6.18. The molecule has 0 aliphatic heterocycles. The minimum absolute atomic E-state index is 0.928. The van der Waals surface area contributed by atoms with Crippen LogP contribution in [0.25, 0.3) is 22.0 Å². The van der Waals surface area contributed by atoms with Crippen molar-refractivity contribution in [2.45, 2.75) is 19.9 Å². The molecule has 21 heavy (non-hydrogen) atoms. The molecule has 3 aromatic rings. The van der Waals surface area contributed by atoms with Crippen molar-refractivity contribution in [2.24, 2.45) is 0 Å². The van der Waals surface area contributed by atoms with E-state index in [1.165, 1.54) is 21.9 Å². The Morgan fingerprint density at radius 3 is 2.86 bits per heavy atom. The third-order valence-electron chi connectivity index (χ3n) is 3.67. The first-order chi connectivity index (χ1) is 10.3. The molecule has 4 heteroatoms. The monoisotopic (exact) mass is 297 g/mol. The average molecular weight is 297 g/mol. The number of benzene rings is 2. The van der Waals surface area contributed by atoms with Gasteiger partial charge < -0.3 is 0 Å². The van der Waals surface area contributed by atoms with E-state index in [1.807, 2.05) is 16.4 Å². The largest absolute Gasteiger partial charge is 0.252 e. The van der Waals surface area contributed by atoms with Crippen LogP contribution in [-0.2, 0) is 6.54 Å². The van der Waals surface area contributed by atoms with Gasteiger partial charge in [0.2, 0.25) is 0 Å². The molecular formula is C17H19N3S. The van der Waals surface area contributed by atoms with Crippen LogP contribution in [0, 0.1) is 6.92 Å². The molecule has 0 N–H and O–H groups in total. The van der Waals surface area contributed by atoms with Gasteiger partial charge in [0.05, 0.1) is 6.20 Å². The highest BCUT2D eigenvalue weighted by Crippen LogP contribution is 2.30. The quantitative estimate of drug-likeness (QED) is 0.663. The zero-order valence-corrected chi connectivity index (χ0v) is 13.2. The standard InChI is InChI=1S/C17H19N3S/c1-13-8-9-14-6-3-4-7-15(14)17(13)16-12-20(19-18-16)10-5-11-21-2/h3-4,6-9,12H,5,10-11H2,1-2H3. The van der Waals surface area contributed by atoms with Gasteiger partial charge in [-0.2, -0.15) is 11.8 Å². The summed E-state index contributed by atoms with van der Waals surface area (Å²) >= 11 is 1.87. The fourth-order valence-electron chi connectivity index (χ4n) is 2.61. The van der Waals surface area contributed by atoms with Crippen LogP contribution < -0.4 is 0 Å². The van der Waals surface area contributed by atoms with E-state index in [9.17, 15) is 0 Å². The lowest BCUT2D eigenvalue weighted by molar-refractivity contribution is 0.582. The van der Waals surface area contributed by atoms with Crippen molar-refractivity contribution in [1.29, 1.82) is 0 Å². The smallest absolute Gasteiger partial charge is 0.113 e. The van der Waals surface area contributed by atoms with Crippen LogP contribution in [0.3, 0.4) is 0 Å². The topological polar surface area (TPSA) is 30.7 Å². The van der Waals surface area contributed by atoms with E-state index in [1.54, 1.807) is 0 Å². The normalized spacial score (nSPS) is 11.1. The zero-order valence-electron chi connectivity index (χ0n) is 12.4. The fourth-order valence-corrected chi connectivity index (χ4v) is 3.03. The lowest BCUT2D eigenvalue weighted by atomic mass is 9.98. The summed E-state index contributed by atoms with van der Waals surface area (Å²) in [6.07, 6.45) is 5.32. The molecule has 0 aliphatic carbocycles. The molecule has 3 nitrogen and oxygen atoms in total. The molecule has 0 radical (unpaired) electrons. The number of hydrogen-bond acceptors (Lipinski definition) is 3. The molecule has 0 amide bonds. The van der Waals surface area contributed by atoms with Crippen molar-refractivity contribution in [3.63, 3.8) is 0 Å². The van der Waals surface area contributed by atoms with E-state index in [2.05, 4.69) is 66.1 Å². The molecule has 1 heterocycles. The molecule has 108 valence electrons. The first kappa shape index (κ1) is 14.1. The Morgan fingerprint density at radius 1 is 1.14 bits per heavy atom. The van der Waals surface area contributed by atoms with Crippen molar-refractivity contribution in [3.05, 3.63) is 48.2 Å². The average Bonchev–Trinajstić information content (AvgIpc) is 2.96. The number of thioether (sulfide) groups is 1. The number of aromatic nitrogens is 3. The van der Waals surface area contributed by atoms with Crippen LogP contribution in [0.1, 0.15) is 12.0 Å². The van der Waals surface area contributed by atoms with E-state index in [4.69, 9.17) is 0 Å². The molecule has 0 unspecified atom stereocenters. The summed E-state index contributed by atoms with van der Waals surface area (Å²) in [5, 5.41) is 11.1. The third kappa shape index (κ3) is 2.95. The van der Waals surface area contributed by atoms with Crippen LogP contribution in [0.2, 0.25) is 0 Å². The molecule has 0 spiro atoms. The number of rotatable bonds is 5. The van der Waals surface area contributed by atoms with E-state index in [-0.39, 0.29) is 0 Å². The lowest BCUT2D eigenvalue weighted by Gasteiger charge is -2.07. The van der Waals surface area contributed by atoms with Gasteiger partial charge in [0.1, 0.15) is 5.69 Å². The number of nitrogens with zero attached hydrogens (tertiary/aromatic N) is 3. The van der Waals surface area contributed by atoms with Gasteiger partial charge in [-0.05, 0) is 41.7 Å². The molecular weight excluding hydrogens is 278 g/mol. The summed E-state index contributed by atoms with van der Waals surface area (Å²) in [7, 11) is 0. The summed E-state index contributed by atoms with van der Waals surface area (Å²) in [6, 6.07) is 12.8. The Hall–Kier alpha value is -1.81. The second-order valence-electron chi connectivity index (χ2n) is 5.19. The zero-order chi connectivity index (χ0) is 14.7. The van der Waals surface area contributed by atoms with E-state index < -0.39 is 0 Å². The van der Waals surface area contributed by atoms with Gasteiger partial charge in [-0.3, -0.25) is 4.68 Å². The molecule has 0 aliphatic rings. The predicted molar refractivity (Wildman–Crippen MR) is 90.7 cm³/mol. The number of aryl methyl sites for hydroxylation is 2. The maximum Gasteiger partial charge on any atom is 0.113 e. The molecule has 1 aromatic heterocycles. The Balaban J connectivity index is 1.98. The Labute approximate surface area is 129 Å². The molecule has 0 saturated carbocycles. The second kappa shape index (κ2) is 6.31. The molecule has 0 fully saturated rings. The summed E-state index contributed by atoms with van der Waals surface area (Å²) in [5.74, 6) is 1.16. The van der Waals surface area contributed by atoms with E-state index >= 15 is 0 Å². The SMILES string of the molecule is CSCCCn1cc(-c2c(C)ccc3ccccc23)nn1. The Kier molecular flexibility index (Phi) is 4.25. The van der Waals surface area contributed by atoms with Gasteiger partial charge in [-0.25, -0.2) is 0 Å². The lowest BCUT2D eigenvalue weighted by Crippen LogP contribution is -1.99. The van der Waals surface area contributed by atoms with Gasteiger partial charge in [-0.1, -0.05) is 41.6 Å². The van der Waals surface area contributed by atoms with Gasteiger partial charge in [-0.15, -0.1) is 5.10 Å². The number of fused-ring (bicyclic) bond motifs is 1. The summed E-state index contributed by atoms with van der Waals surface area (Å²) in [6.45, 7) is 3.06. The highest BCUT2D eigenvalue weighted by Gasteiger charge is 2.10. The highest BCUT2D eigenvalue weighted by molar-refractivity contribution is 7.98. The van der Waals surface area contributed by atoms with E-state index in [0.717, 1.165) is 24.4 Å². The minimum Gasteiger partial charge on any atom is -0.252 e. The van der Waals surface area contributed by atoms with Crippen molar-refractivity contribution in [1.82, 2.24) is 15.0 Å². The van der Waals surface area contributed by atoms with Crippen LogP contribution in [0.5, 0.6) is 0 Å². The van der Waals surface area contributed by atoms with Crippen LogP contribution >= 0.6 is 11.8 Å². The van der Waals surface area contributed by atoms with Crippen LogP contribution in [-0.4, -0.2) is 27.0 Å². The Bertz CT molecular complexity index is 749. The van der Waals surface area contributed by atoms with Crippen molar-refractivity contribution in [2.75, 3.05) is 12.0 Å². The maximum absolute atomic E-state index is 4.38. The molecule has 0 bridgehead atoms. The number of hydrogen-bond donors (Lipinski definition) is 0. The van der Waals surface area contributed by atoms with Gasteiger partial charge in [0.25, 0.3) is 0 Å². The van der Waals surface area contributed by atoms with Gasteiger partial charge >= 0.3 is 0 Å². The van der Waals surface area contributed by atoms with Crippen molar-refractivity contribution < 1.29 is 0 Å². The summed E-state index contributed by atoms with van der Waals surface area (Å²) < 4.78 is 1.95. The molecule has 2 aromatic carbocycles. The van der Waals surface area contributed by atoms with E-state index in [0.29, 0.717) is 0 Å². The van der Waals surface area contributed by atoms with Crippen LogP contribution in [0.15, 0.2) is 42.6 Å². The van der Waals surface area contributed by atoms with Crippen molar-refractivity contribution >= 4 is 22.5 Å². The fraction of sp³-hybridized carbons (Fsp3) is 0.294. The third-order valence-corrected chi connectivity index (χ3v) is 4.36. The first-order valence-corrected chi connectivity index (χ1v) is 8.57. The minimum atomic E-state index is 0.928. The summed E-state index contributed by atoms with van der Waals surface area (Å²) in [5.41, 5.74) is 3.41. The molecule has 3 rings (SSSR count). The molecule has 0 saturated heterocycles. The highest BCUT2D eigenvalue weighted by atomic mass is 32.2. The summed E-state index contributed by atoms with van der Waals surface area (Å²) in [4.78, 5) is 0. The van der Waals surface area contributed by atoms with Crippen molar-refractivity contribution in [3.8, 4) is 11.3 Å². The first-order valence-electron chi connectivity index (χ1n) is 7.17. The predicted octanol–water partition coefficient (Wildman–Crippen LogP) is 4.16. The maximum atomic E-state index is 4.38.